The summed E-state index contributed by atoms with van der Waals surface area (Å²) in [4.78, 5) is 0. The van der Waals surface area contributed by atoms with Gasteiger partial charge in [0, 0.05) is 13.1 Å². The molecule has 3 atom stereocenters. The molecule has 0 aromatic rings. The Bertz CT molecular complexity index is 275. The van der Waals surface area contributed by atoms with E-state index in [0.29, 0.717) is 38.8 Å². The summed E-state index contributed by atoms with van der Waals surface area (Å²) < 4.78 is 10.7. The molecule has 0 radical (unpaired) electrons. The molecule has 5 heteroatoms. The minimum absolute atomic E-state index is 0.207. The van der Waals surface area contributed by atoms with Crippen molar-refractivity contribution in [2.75, 3.05) is 32.9 Å². The third kappa shape index (κ3) is 8.73. The second-order valence-corrected chi connectivity index (χ2v) is 6.71. The Balaban J connectivity index is 2.03. The summed E-state index contributed by atoms with van der Waals surface area (Å²) in [5.74, 6) is 0.583. The zero-order valence-electron chi connectivity index (χ0n) is 13.8. The Morgan fingerprint density at radius 1 is 1.33 bits per heavy atom. The number of nitrogens with one attached hydrogen (secondary N) is 1. The highest BCUT2D eigenvalue weighted by atomic mass is 16.5. The van der Waals surface area contributed by atoms with Gasteiger partial charge in [-0.1, -0.05) is 19.8 Å². The Hall–Kier alpha value is -0.200. The number of rotatable bonds is 10. The Morgan fingerprint density at radius 2 is 2.10 bits per heavy atom. The third-order valence-corrected chi connectivity index (χ3v) is 3.89. The van der Waals surface area contributed by atoms with Crippen molar-refractivity contribution in [3.63, 3.8) is 0 Å². The van der Waals surface area contributed by atoms with E-state index < -0.39 is 11.7 Å². The maximum atomic E-state index is 10.5. The van der Waals surface area contributed by atoms with E-state index in [0.717, 1.165) is 19.3 Å². The first-order chi connectivity index (χ1) is 9.91. The number of ether oxygens (including phenoxy) is 2. The molecule has 0 aromatic carbocycles. The molecule has 0 amide bonds. The molecule has 1 fully saturated rings. The summed E-state index contributed by atoms with van der Waals surface area (Å²) in [6, 6.07) is 0. The normalized spacial score (nSPS) is 28.0. The molecule has 0 heterocycles. The molecule has 126 valence electrons. The van der Waals surface area contributed by atoms with Crippen LogP contribution in [-0.4, -0.2) is 60.9 Å². The monoisotopic (exact) mass is 303 g/mol. The van der Waals surface area contributed by atoms with Crippen LogP contribution in [0.15, 0.2) is 0 Å². The molecule has 0 aliphatic heterocycles. The van der Waals surface area contributed by atoms with Gasteiger partial charge < -0.3 is 25.0 Å². The molecule has 0 bridgehead atoms. The molecule has 1 aliphatic carbocycles. The highest BCUT2D eigenvalue weighted by molar-refractivity contribution is 4.87. The fraction of sp³-hybridized carbons (Fsp3) is 1.00. The number of aliphatic hydroxyl groups excluding tert-OH is 1. The van der Waals surface area contributed by atoms with Crippen LogP contribution in [0, 0.1) is 5.92 Å². The van der Waals surface area contributed by atoms with Crippen LogP contribution >= 0.6 is 0 Å². The summed E-state index contributed by atoms with van der Waals surface area (Å²) >= 11 is 0. The average Bonchev–Trinajstić information content (AvgIpc) is 2.37. The predicted octanol–water partition coefficient (Wildman–Crippen LogP) is 1.32. The van der Waals surface area contributed by atoms with Gasteiger partial charge in [0.15, 0.2) is 0 Å². The van der Waals surface area contributed by atoms with E-state index >= 15 is 0 Å². The van der Waals surface area contributed by atoms with Crippen LogP contribution < -0.4 is 5.32 Å². The molecule has 3 unspecified atom stereocenters. The van der Waals surface area contributed by atoms with Crippen molar-refractivity contribution in [3.8, 4) is 0 Å². The topological polar surface area (TPSA) is 71.0 Å². The zero-order valence-corrected chi connectivity index (χ0v) is 13.8. The molecule has 0 aromatic heterocycles. The summed E-state index contributed by atoms with van der Waals surface area (Å²) in [6.07, 6.45) is 3.65. The van der Waals surface area contributed by atoms with Crippen LogP contribution in [0.2, 0.25) is 0 Å². The smallest absolute Gasteiger partial charge is 0.0897 e. The molecule has 0 saturated heterocycles. The minimum Gasteiger partial charge on any atom is -0.389 e. The maximum Gasteiger partial charge on any atom is 0.0897 e. The number of hydrogen-bond acceptors (Lipinski definition) is 5. The van der Waals surface area contributed by atoms with Crippen LogP contribution in [0.25, 0.3) is 0 Å². The summed E-state index contributed by atoms with van der Waals surface area (Å²) in [6.45, 7) is 8.49. The minimum atomic E-state index is -0.608. The molecule has 5 nitrogen and oxygen atoms in total. The Kier molecular flexibility index (Phi) is 8.74. The summed E-state index contributed by atoms with van der Waals surface area (Å²) in [5, 5.41) is 23.4. The van der Waals surface area contributed by atoms with E-state index in [2.05, 4.69) is 12.2 Å². The van der Waals surface area contributed by atoms with Gasteiger partial charge in [-0.3, -0.25) is 0 Å². The van der Waals surface area contributed by atoms with Gasteiger partial charge in [0.2, 0.25) is 0 Å². The lowest BCUT2D eigenvalue weighted by Crippen LogP contribution is -2.46. The Labute approximate surface area is 129 Å². The van der Waals surface area contributed by atoms with E-state index in [1.807, 2.05) is 13.8 Å². The highest BCUT2D eigenvalue weighted by Gasteiger charge is 2.32. The second-order valence-electron chi connectivity index (χ2n) is 6.71. The van der Waals surface area contributed by atoms with Crippen LogP contribution in [-0.2, 0) is 9.47 Å². The first-order valence-electron chi connectivity index (χ1n) is 8.22. The van der Waals surface area contributed by atoms with Gasteiger partial charge in [0.1, 0.15) is 0 Å². The standard InChI is InChI=1S/C16H33NO4/c1-13(2)21-8-7-20-11-15(18)10-17-12-16(19)6-4-5-14(3)9-16/h13-15,17-19H,4-12H2,1-3H3. The van der Waals surface area contributed by atoms with Crippen LogP contribution in [0.1, 0.15) is 46.5 Å². The van der Waals surface area contributed by atoms with Crippen molar-refractivity contribution < 1.29 is 19.7 Å². The van der Waals surface area contributed by atoms with Crippen molar-refractivity contribution >= 4 is 0 Å². The van der Waals surface area contributed by atoms with E-state index in [1.54, 1.807) is 0 Å². The molecular formula is C16H33NO4. The maximum absolute atomic E-state index is 10.5. The molecule has 1 rings (SSSR count). The van der Waals surface area contributed by atoms with E-state index in [1.165, 1.54) is 6.42 Å². The Morgan fingerprint density at radius 3 is 2.76 bits per heavy atom. The summed E-state index contributed by atoms with van der Waals surface area (Å²) in [7, 11) is 0. The van der Waals surface area contributed by atoms with Gasteiger partial charge in [-0.2, -0.15) is 0 Å². The fourth-order valence-corrected chi connectivity index (χ4v) is 2.89. The molecule has 1 aliphatic rings. The fourth-order valence-electron chi connectivity index (χ4n) is 2.89. The van der Waals surface area contributed by atoms with Gasteiger partial charge in [-0.15, -0.1) is 0 Å². The van der Waals surface area contributed by atoms with Gasteiger partial charge in [0.05, 0.1) is 37.6 Å². The van der Waals surface area contributed by atoms with E-state index in [9.17, 15) is 10.2 Å². The van der Waals surface area contributed by atoms with Gasteiger partial charge >= 0.3 is 0 Å². The quantitative estimate of drug-likeness (QED) is 0.531. The molecule has 0 spiro atoms. The summed E-state index contributed by atoms with van der Waals surface area (Å²) in [5.41, 5.74) is -0.608. The highest BCUT2D eigenvalue weighted by Crippen LogP contribution is 2.31. The van der Waals surface area contributed by atoms with Gasteiger partial charge in [-0.25, -0.2) is 0 Å². The molecule has 1 saturated carbocycles. The van der Waals surface area contributed by atoms with E-state index in [-0.39, 0.29) is 6.10 Å². The van der Waals surface area contributed by atoms with Gasteiger partial charge in [-0.05, 0) is 32.6 Å². The van der Waals surface area contributed by atoms with Gasteiger partial charge in [0.25, 0.3) is 0 Å². The van der Waals surface area contributed by atoms with Crippen molar-refractivity contribution in [3.05, 3.63) is 0 Å². The SMILES string of the molecule is CC1CCCC(O)(CNCC(O)COCCOC(C)C)C1. The van der Waals surface area contributed by atoms with E-state index in [4.69, 9.17) is 9.47 Å². The lowest BCUT2D eigenvalue weighted by Gasteiger charge is -2.36. The molecule has 3 N–H and O–H groups in total. The first-order valence-corrected chi connectivity index (χ1v) is 8.22. The van der Waals surface area contributed by atoms with Crippen molar-refractivity contribution in [1.29, 1.82) is 0 Å². The van der Waals surface area contributed by atoms with Crippen LogP contribution in [0.4, 0.5) is 0 Å². The van der Waals surface area contributed by atoms with Crippen molar-refractivity contribution in [1.82, 2.24) is 5.32 Å². The lowest BCUT2D eigenvalue weighted by atomic mass is 9.79. The zero-order chi connectivity index (χ0) is 15.7. The number of hydrogen-bond donors (Lipinski definition) is 3. The lowest BCUT2D eigenvalue weighted by molar-refractivity contribution is -0.0227. The first kappa shape index (κ1) is 18.8. The molecule has 21 heavy (non-hydrogen) atoms. The third-order valence-electron chi connectivity index (χ3n) is 3.89. The van der Waals surface area contributed by atoms with Crippen molar-refractivity contribution in [2.24, 2.45) is 5.92 Å². The molecular weight excluding hydrogens is 270 g/mol. The van der Waals surface area contributed by atoms with Crippen molar-refractivity contribution in [2.45, 2.75) is 64.3 Å². The second kappa shape index (κ2) is 9.74. The predicted molar refractivity (Wildman–Crippen MR) is 83.4 cm³/mol. The number of aliphatic hydroxyl groups is 2. The van der Waals surface area contributed by atoms with Crippen LogP contribution in [0.5, 0.6) is 0 Å². The average molecular weight is 303 g/mol. The largest absolute Gasteiger partial charge is 0.389 e. The van der Waals surface area contributed by atoms with Crippen LogP contribution in [0.3, 0.4) is 0 Å².